The SMILES string of the molecule is CC1(C(=O)NC2CCCCC2)COC(c2nc(-c3ccc(F)cc3)c(-c3ccnc(Nc4ccc(F)c(F)c4)n3)[nH]2)OC1. The first-order valence-corrected chi connectivity index (χ1v) is 14.2. The first kappa shape index (κ1) is 28.8. The summed E-state index contributed by atoms with van der Waals surface area (Å²) in [6, 6.07) is 11.0. The van der Waals surface area contributed by atoms with E-state index in [0.717, 1.165) is 37.8 Å². The van der Waals surface area contributed by atoms with E-state index in [9.17, 15) is 18.0 Å². The van der Waals surface area contributed by atoms with Gasteiger partial charge in [0, 0.05) is 29.6 Å². The summed E-state index contributed by atoms with van der Waals surface area (Å²) >= 11 is 0. The fraction of sp³-hybridized carbons (Fsp3) is 0.355. The van der Waals surface area contributed by atoms with Gasteiger partial charge in [-0.2, -0.15) is 0 Å². The van der Waals surface area contributed by atoms with Crippen molar-refractivity contribution in [3.63, 3.8) is 0 Å². The molecule has 2 aromatic carbocycles. The molecular formula is C31H31F3N6O3. The molecule has 0 bridgehead atoms. The number of amides is 1. The number of benzene rings is 2. The first-order valence-electron chi connectivity index (χ1n) is 14.2. The number of ether oxygens (including phenoxy) is 2. The highest BCUT2D eigenvalue weighted by Gasteiger charge is 2.41. The monoisotopic (exact) mass is 592 g/mol. The number of halogens is 3. The predicted molar refractivity (Wildman–Crippen MR) is 152 cm³/mol. The number of carbonyl (C=O) groups excluding carboxylic acids is 1. The van der Waals surface area contributed by atoms with Gasteiger partial charge in [-0.3, -0.25) is 4.79 Å². The molecular weight excluding hydrogens is 561 g/mol. The van der Waals surface area contributed by atoms with Crippen LogP contribution in [0.3, 0.4) is 0 Å². The molecule has 3 heterocycles. The number of H-pyrrole nitrogens is 1. The average Bonchev–Trinajstić information content (AvgIpc) is 3.46. The number of carbonyl (C=O) groups is 1. The highest BCUT2D eigenvalue weighted by Crippen LogP contribution is 2.36. The first-order chi connectivity index (χ1) is 20.8. The molecule has 2 aromatic heterocycles. The van der Waals surface area contributed by atoms with Crippen LogP contribution in [0.15, 0.2) is 54.7 Å². The molecule has 12 heteroatoms. The number of hydrogen-bond donors (Lipinski definition) is 3. The Kier molecular flexibility index (Phi) is 8.13. The van der Waals surface area contributed by atoms with Crippen molar-refractivity contribution in [2.75, 3.05) is 18.5 Å². The molecule has 0 spiro atoms. The minimum atomic E-state index is -1.01. The van der Waals surface area contributed by atoms with E-state index in [1.165, 1.54) is 30.8 Å². The lowest BCUT2D eigenvalue weighted by Gasteiger charge is -2.37. The maximum Gasteiger partial charge on any atom is 0.230 e. The number of hydrogen-bond acceptors (Lipinski definition) is 7. The van der Waals surface area contributed by atoms with Crippen molar-refractivity contribution in [2.24, 2.45) is 5.41 Å². The Hall–Kier alpha value is -4.29. The lowest BCUT2D eigenvalue weighted by atomic mass is 9.89. The van der Waals surface area contributed by atoms with E-state index in [4.69, 9.17) is 14.5 Å². The van der Waals surface area contributed by atoms with Crippen molar-refractivity contribution in [2.45, 2.75) is 51.4 Å². The number of rotatable bonds is 7. The average molecular weight is 593 g/mol. The molecule has 2 fully saturated rings. The molecule has 1 aliphatic heterocycles. The van der Waals surface area contributed by atoms with Crippen LogP contribution in [0.2, 0.25) is 0 Å². The van der Waals surface area contributed by atoms with E-state index >= 15 is 0 Å². The Morgan fingerprint density at radius 3 is 2.42 bits per heavy atom. The fourth-order valence-electron chi connectivity index (χ4n) is 5.27. The van der Waals surface area contributed by atoms with E-state index in [2.05, 4.69) is 25.6 Å². The van der Waals surface area contributed by atoms with Crippen LogP contribution >= 0.6 is 0 Å². The second-order valence-corrected chi connectivity index (χ2v) is 11.2. The molecule has 2 aliphatic rings. The van der Waals surface area contributed by atoms with Gasteiger partial charge in [0.25, 0.3) is 0 Å². The zero-order valence-electron chi connectivity index (χ0n) is 23.5. The van der Waals surface area contributed by atoms with Crippen LogP contribution in [0.4, 0.5) is 24.8 Å². The fourth-order valence-corrected chi connectivity index (χ4v) is 5.27. The van der Waals surface area contributed by atoms with Crippen molar-refractivity contribution in [1.29, 1.82) is 0 Å². The van der Waals surface area contributed by atoms with Crippen LogP contribution in [0.1, 0.15) is 51.1 Å². The second kappa shape index (κ2) is 12.1. The summed E-state index contributed by atoms with van der Waals surface area (Å²) in [6.45, 7) is 2.09. The summed E-state index contributed by atoms with van der Waals surface area (Å²) in [5.41, 5.74) is 1.39. The molecule has 9 nitrogen and oxygen atoms in total. The largest absolute Gasteiger partial charge is 0.353 e. The van der Waals surface area contributed by atoms with Gasteiger partial charge in [0.1, 0.15) is 5.82 Å². The second-order valence-electron chi connectivity index (χ2n) is 11.2. The normalized spacial score (nSPS) is 21.0. The van der Waals surface area contributed by atoms with E-state index in [1.807, 2.05) is 6.92 Å². The Morgan fingerprint density at radius 2 is 1.70 bits per heavy atom. The summed E-state index contributed by atoms with van der Waals surface area (Å²) in [5, 5.41) is 6.03. The molecule has 3 N–H and O–H groups in total. The molecule has 0 unspecified atom stereocenters. The summed E-state index contributed by atoms with van der Waals surface area (Å²) in [6.07, 6.45) is 6.01. The van der Waals surface area contributed by atoms with Gasteiger partial charge < -0.3 is 25.1 Å². The van der Waals surface area contributed by atoms with Gasteiger partial charge >= 0.3 is 0 Å². The maximum atomic E-state index is 13.7. The summed E-state index contributed by atoms with van der Waals surface area (Å²) < 4.78 is 52.9. The van der Waals surface area contributed by atoms with Gasteiger partial charge in [-0.15, -0.1) is 0 Å². The summed E-state index contributed by atoms with van der Waals surface area (Å²) in [7, 11) is 0. The molecule has 224 valence electrons. The Balaban J connectivity index is 1.24. The zero-order chi connectivity index (χ0) is 30.0. The number of nitrogens with zero attached hydrogens (tertiary/aromatic N) is 3. The van der Waals surface area contributed by atoms with Crippen LogP contribution in [-0.2, 0) is 14.3 Å². The third-order valence-corrected chi connectivity index (χ3v) is 7.75. The van der Waals surface area contributed by atoms with Crippen LogP contribution < -0.4 is 10.6 Å². The van der Waals surface area contributed by atoms with Crippen LogP contribution in [0, 0.1) is 22.9 Å². The maximum absolute atomic E-state index is 13.7. The Labute approximate surface area is 246 Å². The van der Waals surface area contributed by atoms with Gasteiger partial charge in [-0.1, -0.05) is 19.3 Å². The molecule has 6 rings (SSSR count). The van der Waals surface area contributed by atoms with Crippen LogP contribution in [0.25, 0.3) is 22.6 Å². The van der Waals surface area contributed by atoms with Gasteiger partial charge in [0.15, 0.2) is 17.5 Å². The molecule has 1 aliphatic carbocycles. The molecule has 4 aromatic rings. The minimum absolute atomic E-state index is 0.0907. The van der Waals surface area contributed by atoms with E-state index in [0.29, 0.717) is 28.5 Å². The smallest absolute Gasteiger partial charge is 0.230 e. The molecule has 0 radical (unpaired) electrons. The minimum Gasteiger partial charge on any atom is -0.353 e. The van der Waals surface area contributed by atoms with Gasteiger partial charge in [0.2, 0.25) is 18.1 Å². The lowest BCUT2D eigenvalue weighted by Crippen LogP contribution is -2.51. The third-order valence-electron chi connectivity index (χ3n) is 7.75. The number of anilines is 2. The van der Waals surface area contributed by atoms with Crippen molar-refractivity contribution < 1.29 is 27.4 Å². The van der Waals surface area contributed by atoms with Crippen molar-refractivity contribution in [3.05, 3.63) is 78.0 Å². The molecule has 1 saturated carbocycles. The number of imidazole rings is 1. The third kappa shape index (κ3) is 6.40. The molecule has 0 atom stereocenters. The van der Waals surface area contributed by atoms with Crippen molar-refractivity contribution in [1.82, 2.24) is 25.3 Å². The number of nitrogens with one attached hydrogen (secondary N) is 3. The van der Waals surface area contributed by atoms with E-state index < -0.39 is 29.2 Å². The van der Waals surface area contributed by atoms with Gasteiger partial charge in [-0.05, 0) is 62.2 Å². The van der Waals surface area contributed by atoms with E-state index in [-0.39, 0.29) is 36.8 Å². The standard InChI is InChI=1S/C31H31F3N6O3/c1-31(29(41)36-20-5-3-2-4-6-20)16-42-28(43-17-31)27-39-25(18-7-9-19(32)10-8-18)26(40-27)24-13-14-35-30(38-24)37-21-11-12-22(33)23(34)15-21/h7-15,20,28H,2-6,16-17H2,1H3,(H,36,41)(H,39,40)(H,35,37,38). The van der Waals surface area contributed by atoms with Crippen molar-refractivity contribution >= 4 is 17.5 Å². The predicted octanol–water partition coefficient (Wildman–Crippen LogP) is 6.20. The summed E-state index contributed by atoms with van der Waals surface area (Å²) in [5.74, 6) is -1.98. The topological polar surface area (TPSA) is 114 Å². The number of aromatic nitrogens is 4. The molecule has 1 amide bonds. The summed E-state index contributed by atoms with van der Waals surface area (Å²) in [4.78, 5) is 29.8. The zero-order valence-corrected chi connectivity index (χ0v) is 23.5. The quantitative estimate of drug-likeness (QED) is 0.234. The lowest BCUT2D eigenvalue weighted by molar-refractivity contribution is -0.231. The Morgan fingerprint density at radius 1 is 0.953 bits per heavy atom. The highest BCUT2D eigenvalue weighted by molar-refractivity contribution is 5.83. The molecule has 1 saturated heterocycles. The van der Waals surface area contributed by atoms with Gasteiger partial charge in [-0.25, -0.2) is 28.1 Å². The number of aromatic amines is 1. The highest BCUT2D eigenvalue weighted by atomic mass is 19.2. The van der Waals surface area contributed by atoms with Gasteiger partial charge in [0.05, 0.1) is 35.7 Å². The van der Waals surface area contributed by atoms with Crippen LogP contribution in [0.5, 0.6) is 0 Å². The Bertz CT molecular complexity index is 1600. The molecule has 43 heavy (non-hydrogen) atoms. The van der Waals surface area contributed by atoms with Crippen molar-refractivity contribution in [3.8, 4) is 22.6 Å². The van der Waals surface area contributed by atoms with E-state index in [1.54, 1.807) is 18.2 Å². The van der Waals surface area contributed by atoms with Crippen LogP contribution in [-0.4, -0.2) is 45.1 Å².